The topological polar surface area (TPSA) is 16.8 Å². The molecule has 2 aromatic heterocycles. The first kappa shape index (κ1) is 11.9. The van der Waals surface area contributed by atoms with Crippen LogP contribution in [0.2, 0.25) is 5.15 Å². The van der Waals surface area contributed by atoms with Gasteiger partial charge < -0.3 is 0 Å². The van der Waals surface area contributed by atoms with E-state index in [-0.39, 0.29) is 0 Å². The molecule has 0 saturated carbocycles. The van der Waals surface area contributed by atoms with Gasteiger partial charge in [0.1, 0.15) is 5.69 Å². The van der Waals surface area contributed by atoms with Crippen LogP contribution in [0.1, 0.15) is 5.69 Å². The predicted octanol–water partition coefficient (Wildman–Crippen LogP) is 3.03. The molecular formula is C11H7ClF3N2+. The van der Waals surface area contributed by atoms with Crippen LogP contribution in [0.4, 0.5) is 13.2 Å². The highest BCUT2D eigenvalue weighted by atomic mass is 35.5. The summed E-state index contributed by atoms with van der Waals surface area (Å²) >= 11 is 5.90. The fraction of sp³-hybridized carbons (Fsp3) is 0.0909. The summed E-state index contributed by atoms with van der Waals surface area (Å²) in [4.78, 5) is 3.36. The largest absolute Gasteiger partial charge is 0.433 e. The molecule has 0 aliphatic rings. The second-order valence-corrected chi connectivity index (χ2v) is 3.68. The number of alkyl halides is 3. The minimum absolute atomic E-state index is 0.397. The van der Waals surface area contributed by atoms with E-state index in [1.165, 1.54) is 10.6 Å². The smallest absolute Gasteiger partial charge is 0.245 e. The summed E-state index contributed by atoms with van der Waals surface area (Å²) in [5.41, 5.74) is -0.447. The number of nitrogens with zero attached hydrogens (tertiary/aromatic N) is 2. The number of pyridine rings is 2. The highest BCUT2D eigenvalue weighted by molar-refractivity contribution is 6.28. The number of halogens is 4. The third-order valence-electron chi connectivity index (χ3n) is 2.13. The van der Waals surface area contributed by atoms with Crippen molar-refractivity contribution in [1.82, 2.24) is 4.98 Å². The maximum Gasteiger partial charge on any atom is 0.433 e. The number of aromatic nitrogens is 2. The monoisotopic (exact) mass is 259 g/mol. The van der Waals surface area contributed by atoms with E-state index in [1.807, 2.05) is 0 Å². The molecule has 0 aromatic carbocycles. The second-order valence-electron chi connectivity index (χ2n) is 3.29. The van der Waals surface area contributed by atoms with Crippen molar-refractivity contribution in [2.75, 3.05) is 0 Å². The molecule has 0 fully saturated rings. The Balaban J connectivity index is 2.40. The Morgan fingerprint density at radius 2 is 1.88 bits per heavy atom. The first-order chi connectivity index (χ1) is 7.98. The summed E-state index contributed by atoms with van der Waals surface area (Å²) in [6, 6.07) is 7.34. The normalized spacial score (nSPS) is 11.5. The Hall–Kier alpha value is -1.62. The van der Waals surface area contributed by atoms with E-state index in [0.29, 0.717) is 10.8 Å². The van der Waals surface area contributed by atoms with E-state index < -0.39 is 11.9 Å². The molecule has 0 amide bonds. The van der Waals surface area contributed by atoms with E-state index in [0.717, 1.165) is 12.3 Å². The molecule has 88 valence electrons. The van der Waals surface area contributed by atoms with Crippen molar-refractivity contribution in [3.63, 3.8) is 0 Å². The lowest BCUT2D eigenvalue weighted by Gasteiger charge is -2.04. The number of rotatable bonds is 1. The van der Waals surface area contributed by atoms with Crippen LogP contribution in [-0.4, -0.2) is 4.98 Å². The summed E-state index contributed by atoms with van der Waals surface area (Å²) in [6.45, 7) is 0. The van der Waals surface area contributed by atoms with Gasteiger partial charge >= 0.3 is 6.18 Å². The van der Waals surface area contributed by atoms with Crippen molar-refractivity contribution in [1.29, 1.82) is 0 Å². The quantitative estimate of drug-likeness (QED) is 0.568. The maximum atomic E-state index is 12.3. The summed E-state index contributed by atoms with van der Waals surface area (Å²) in [6.07, 6.45) is -1.65. The van der Waals surface area contributed by atoms with Crippen LogP contribution in [-0.2, 0) is 6.18 Å². The van der Waals surface area contributed by atoms with Gasteiger partial charge in [0.2, 0.25) is 5.69 Å². The highest BCUT2D eigenvalue weighted by Crippen LogP contribution is 2.27. The average Bonchev–Trinajstić information content (AvgIpc) is 2.29. The van der Waals surface area contributed by atoms with Crippen molar-refractivity contribution in [3.05, 3.63) is 53.6 Å². The van der Waals surface area contributed by atoms with Crippen molar-refractivity contribution in [3.8, 4) is 5.69 Å². The highest BCUT2D eigenvalue weighted by Gasteiger charge is 2.32. The molecule has 0 spiro atoms. The predicted molar refractivity (Wildman–Crippen MR) is 55.8 cm³/mol. The molecular weight excluding hydrogens is 253 g/mol. The van der Waals surface area contributed by atoms with E-state index in [9.17, 15) is 13.2 Å². The molecule has 0 N–H and O–H groups in total. The van der Waals surface area contributed by atoms with Gasteiger partial charge in [-0.2, -0.15) is 13.2 Å². The summed E-state index contributed by atoms with van der Waals surface area (Å²) in [5, 5.41) is 0.397. The van der Waals surface area contributed by atoms with Crippen molar-refractivity contribution >= 4 is 11.6 Å². The summed E-state index contributed by atoms with van der Waals surface area (Å²) in [7, 11) is 0. The third kappa shape index (κ3) is 2.55. The Morgan fingerprint density at radius 3 is 2.41 bits per heavy atom. The molecule has 0 aliphatic carbocycles. The Labute approximate surface area is 100 Å². The average molecular weight is 260 g/mol. The lowest BCUT2D eigenvalue weighted by molar-refractivity contribution is -0.593. The van der Waals surface area contributed by atoms with E-state index in [2.05, 4.69) is 4.98 Å². The van der Waals surface area contributed by atoms with Gasteiger partial charge in [-0.3, -0.25) is 0 Å². The number of hydrogen-bond donors (Lipinski definition) is 0. The zero-order chi connectivity index (χ0) is 12.5. The van der Waals surface area contributed by atoms with Gasteiger partial charge in [0.25, 0.3) is 5.15 Å². The van der Waals surface area contributed by atoms with Crippen LogP contribution >= 0.6 is 11.6 Å². The van der Waals surface area contributed by atoms with Crippen molar-refractivity contribution in [2.24, 2.45) is 0 Å². The number of hydrogen-bond acceptors (Lipinski definition) is 1. The van der Waals surface area contributed by atoms with Gasteiger partial charge in [0.15, 0.2) is 6.20 Å². The summed E-state index contributed by atoms with van der Waals surface area (Å²) < 4.78 is 38.5. The molecule has 2 heterocycles. The van der Waals surface area contributed by atoms with Crippen LogP contribution in [0.15, 0.2) is 42.7 Å². The third-order valence-corrected chi connectivity index (χ3v) is 2.43. The van der Waals surface area contributed by atoms with Gasteiger partial charge in [-0.1, -0.05) is 0 Å². The molecule has 0 saturated heterocycles. The van der Waals surface area contributed by atoms with E-state index >= 15 is 0 Å². The van der Waals surface area contributed by atoms with Crippen LogP contribution < -0.4 is 4.57 Å². The molecule has 2 rings (SSSR count). The second kappa shape index (κ2) is 4.33. The minimum Gasteiger partial charge on any atom is -0.245 e. The molecule has 2 nitrogen and oxygen atoms in total. The molecule has 0 bridgehead atoms. The molecule has 2 aromatic rings. The maximum absolute atomic E-state index is 12.3. The lowest BCUT2D eigenvalue weighted by atomic mass is 10.3. The van der Waals surface area contributed by atoms with Gasteiger partial charge in [0.05, 0.1) is 6.20 Å². The first-order valence-corrected chi connectivity index (χ1v) is 5.06. The standard InChI is InChI=1S/C11H7ClF3N2/c12-10-3-1-2-6-17(10)8-4-5-9(16-7-8)11(13,14)15/h1-7H/q+1. The molecule has 6 heteroatoms. The van der Waals surface area contributed by atoms with E-state index in [1.54, 1.807) is 24.4 Å². The zero-order valence-electron chi connectivity index (χ0n) is 8.45. The van der Waals surface area contributed by atoms with Crippen LogP contribution in [0.5, 0.6) is 0 Å². The van der Waals surface area contributed by atoms with Gasteiger partial charge in [-0.05, 0) is 23.7 Å². The van der Waals surface area contributed by atoms with Crippen molar-refractivity contribution in [2.45, 2.75) is 6.18 Å². The molecule has 0 atom stereocenters. The molecule has 0 aliphatic heterocycles. The fourth-order valence-electron chi connectivity index (χ4n) is 1.33. The Bertz CT molecular complexity index is 523. The van der Waals surface area contributed by atoms with Gasteiger partial charge in [-0.25, -0.2) is 4.98 Å². The van der Waals surface area contributed by atoms with Crippen LogP contribution in [0.3, 0.4) is 0 Å². The van der Waals surface area contributed by atoms with Gasteiger partial charge in [-0.15, -0.1) is 4.57 Å². The first-order valence-electron chi connectivity index (χ1n) is 4.68. The Morgan fingerprint density at radius 1 is 1.12 bits per heavy atom. The summed E-state index contributed by atoms with van der Waals surface area (Å²) in [5.74, 6) is 0. The van der Waals surface area contributed by atoms with Crippen LogP contribution in [0, 0.1) is 0 Å². The molecule has 0 radical (unpaired) electrons. The minimum atomic E-state index is -4.43. The SMILES string of the molecule is FC(F)(F)c1ccc(-[n+]2ccccc2Cl)cn1. The van der Waals surface area contributed by atoms with Gasteiger partial charge in [0, 0.05) is 18.2 Å². The van der Waals surface area contributed by atoms with Crippen molar-refractivity contribution < 1.29 is 17.7 Å². The molecule has 0 unspecified atom stereocenters. The van der Waals surface area contributed by atoms with Crippen LogP contribution in [0.25, 0.3) is 5.69 Å². The Kier molecular flexibility index (Phi) is 3.02. The zero-order valence-corrected chi connectivity index (χ0v) is 9.20. The molecule has 17 heavy (non-hydrogen) atoms. The lowest BCUT2D eigenvalue weighted by Crippen LogP contribution is -2.31. The fourth-order valence-corrected chi connectivity index (χ4v) is 1.55. The van der Waals surface area contributed by atoms with E-state index in [4.69, 9.17) is 11.6 Å².